The summed E-state index contributed by atoms with van der Waals surface area (Å²) in [6.45, 7) is 6.97. The smallest absolute Gasteiger partial charge is 0.224 e. The van der Waals surface area contributed by atoms with Gasteiger partial charge >= 0.3 is 0 Å². The molecule has 1 N–H and O–H groups in total. The number of hydrogen-bond acceptors (Lipinski definition) is 5. The second kappa shape index (κ2) is 10.8. The van der Waals surface area contributed by atoms with Crippen LogP contribution in [0, 0.1) is 0 Å². The molecule has 0 unspecified atom stereocenters. The van der Waals surface area contributed by atoms with Gasteiger partial charge in [-0.05, 0) is 48.7 Å². The normalized spacial score (nSPS) is 14.4. The Morgan fingerprint density at radius 3 is 2.48 bits per heavy atom. The van der Waals surface area contributed by atoms with Crippen molar-refractivity contribution < 1.29 is 19.0 Å². The van der Waals surface area contributed by atoms with Gasteiger partial charge in [0.15, 0.2) is 11.5 Å². The Balaban J connectivity index is 1.47. The zero-order chi connectivity index (χ0) is 20.5. The summed E-state index contributed by atoms with van der Waals surface area (Å²) < 4.78 is 16.3. The second-order valence-corrected chi connectivity index (χ2v) is 7.05. The Kier molecular flexibility index (Phi) is 7.90. The fraction of sp³-hybridized carbons (Fsp3) is 0.435. The number of methoxy groups -OCH3 is 1. The van der Waals surface area contributed by atoms with E-state index >= 15 is 0 Å². The standard InChI is InChI=1S/C23H30N2O4/c1-3-29-21-10-6-18(16-22(21)27-2)7-11-23(26)24-20-8-4-19(5-9-20)17-25-12-14-28-15-13-25/h4-6,8-10,16H,3,7,11-15,17H2,1-2H3,(H,24,26). The van der Waals surface area contributed by atoms with Crippen LogP contribution in [-0.2, 0) is 22.5 Å². The minimum Gasteiger partial charge on any atom is -0.493 e. The molecule has 0 spiro atoms. The molecule has 2 aromatic carbocycles. The van der Waals surface area contributed by atoms with E-state index < -0.39 is 0 Å². The molecule has 2 aromatic rings. The lowest BCUT2D eigenvalue weighted by molar-refractivity contribution is -0.116. The molecule has 0 aromatic heterocycles. The molecule has 1 saturated heterocycles. The molecule has 0 saturated carbocycles. The lowest BCUT2D eigenvalue weighted by Gasteiger charge is -2.26. The Labute approximate surface area is 172 Å². The van der Waals surface area contributed by atoms with Crippen molar-refractivity contribution in [2.75, 3.05) is 45.3 Å². The monoisotopic (exact) mass is 398 g/mol. The van der Waals surface area contributed by atoms with Gasteiger partial charge in [-0.25, -0.2) is 0 Å². The van der Waals surface area contributed by atoms with Gasteiger partial charge in [0.05, 0.1) is 26.9 Å². The van der Waals surface area contributed by atoms with Gasteiger partial charge in [-0.3, -0.25) is 9.69 Å². The number of morpholine rings is 1. The van der Waals surface area contributed by atoms with Crippen molar-refractivity contribution in [1.82, 2.24) is 4.90 Å². The number of nitrogens with one attached hydrogen (secondary N) is 1. The highest BCUT2D eigenvalue weighted by Crippen LogP contribution is 2.28. The van der Waals surface area contributed by atoms with Crippen molar-refractivity contribution in [2.45, 2.75) is 26.3 Å². The first kappa shape index (κ1) is 21.1. The predicted molar refractivity (Wildman–Crippen MR) is 114 cm³/mol. The summed E-state index contributed by atoms with van der Waals surface area (Å²) in [6.07, 6.45) is 1.05. The van der Waals surface area contributed by atoms with Crippen molar-refractivity contribution in [3.8, 4) is 11.5 Å². The molecule has 3 rings (SSSR count). The van der Waals surface area contributed by atoms with Crippen LogP contribution in [0.5, 0.6) is 11.5 Å². The third-order valence-electron chi connectivity index (χ3n) is 4.92. The minimum atomic E-state index is -0.00113. The van der Waals surface area contributed by atoms with Crippen LogP contribution in [0.25, 0.3) is 0 Å². The maximum Gasteiger partial charge on any atom is 0.224 e. The summed E-state index contributed by atoms with van der Waals surface area (Å²) >= 11 is 0. The summed E-state index contributed by atoms with van der Waals surface area (Å²) in [6, 6.07) is 13.9. The maximum absolute atomic E-state index is 12.3. The molecule has 1 amide bonds. The largest absolute Gasteiger partial charge is 0.493 e. The number of carbonyl (C=O) groups is 1. The first-order valence-corrected chi connectivity index (χ1v) is 10.2. The predicted octanol–water partition coefficient (Wildman–Crippen LogP) is 3.50. The quantitative estimate of drug-likeness (QED) is 0.701. The molecule has 1 aliphatic heterocycles. The lowest BCUT2D eigenvalue weighted by Crippen LogP contribution is -2.35. The van der Waals surface area contributed by atoms with Crippen LogP contribution < -0.4 is 14.8 Å². The number of rotatable bonds is 9. The first-order chi connectivity index (χ1) is 14.2. The molecular formula is C23H30N2O4. The van der Waals surface area contributed by atoms with E-state index in [1.165, 1.54) is 5.56 Å². The van der Waals surface area contributed by atoms with Crippen LogP contribution in [0.2, 0.25) is 0 Å². The van der Waals surface area contributed by atoms with Gasteiger partial charge in [-0.15, -0.1) is 0 Å². The van der Waals surface area contributed by atoms with Gasteiger partial charge in [0, 0.05) is 31.7 Å². The third kappa shape index (κ3) is 6.48. The molecular weight excluding hydrogens is 368 g/mol. The van der Waals surface area contributed by atoms with Gasteiger partial charge in [0.25, 0.3) is 0 Å². The Morgan fingerprint density at radius 2 is 1.79 bits per heavy atom. The van der Waals surface area contributed by atoms with Gasteiger partial charge in [0.1, 0.15) is 0 Å². The molecule has 0 atom stereocenters. The molecule has 0 radical (unpaired) electrons. The van der Waals surface area contributed by atoms with Crippen molar-refractivity contribution in [1.29, 1.82) is 0 Å². The molecule has 6 heteroatoms. The Hall–Kier alpha value is -2.57. The molecule has 0 bridgehead atoms. The molecule has 29 heavy (non-hydrogen) atoms. The number of amides is 1. The van der Waals surface area contributed by atoms with E-state index in [1.807, 2.05) is 37.3 Å². The topological polar surface area (TPSA) is 60.0 Å². The van der Waals surface area contributed by atoms with Crippen molar-refractivity contribution in [3.05, 3.63) is 53.6 Å². The van der Waals surface area contributed by atoms with Crippen molar-refractivity contribution in [2.24, 2.45) is 0 Å². The molecule has 0 aliphatic carbocycles. The van der Waals surface area contributed by atoms with Crippen molar-refractivity contribution in [3.63, 3.8) is 0 Å². The fourth-order valence-corrected chi connectivity index (χ4v) is 3.33. The fourth-order valence-electron chi connectivity index (χ4n) is 3.33. The maximum atomic E-state index is 12.3. The van der Waals surface area contributed by atoms with Gasteiger partial charge < -0.3 is 19.5 Å². The second-order valence-electron chi connectivity index (χ2n) is 7.05. The van der Waals surface area contributed by atoms with Crippen LogP contribution in [-0.4, -0.2) is 50.8 Å². The molecule has 6 nitrogen and oxygen atoms in total. The van der Waals surface area contributed by atoms with E-state index in [0.717, 1.165) is 49.8 Å². The zero-order valence-electron chi connectivity index (χ0n) is 17.3. The number of benzene rings is 2. The summed E-state index contributed by atoms with van der Waals surface area (Å²) in [5.74, 6) is 1.42. The van der Waals surface area contributed by atoms with E-state index in [0.29, 0.717) is 25.2 Å². The average molecular weight is 399 g/mol. The Bertz CT molecular complexity index is 786. The zero-order valence-corrected chi connectivity index (χ0v) is 17.3. The summed E-state index contributed by atoms with van der Waals surface area (Å²) in [4.78, 5) is 14.7. The highest BCUT2D eigenvalue weighted by atomic mass is 16.5. The van der Waals surface area contributed by atoms with Crippen LogP contribution in [0.1, 0.15) is 24.5 Å². The number of anilines is 1. The number of aryl methyl sites for hydroxylation is 1. The van der Waals surface area contributed by atoms with Gasteiger partial charge in [0.2, 0.25) is 5.91 Å². The molecule has 1 heterocycles. The molecule has 1 fully saturated rings. The number of hydrogen-bond donors (Lipinski definition) is 1. The van der Waals surface area contributed by atoms with E-state index in [9.17, 15) is 4.79 Å². The van der Waals surface area contributed by atoms with Crippen LogP contribution >= 0.6 is 0 Å². The Morgan fingerprint density at radius 1 is 1.07 bits per heavy atom. The highest BCUT2D eigenvalue weighted by molar-refractivity contribution is 5.90. The number of ether oxygens (including phenoxy) is 3. The SMILES string of the molecule is CCOc1ccc(CCC(=O)Nc2ccc(CN3CCOCC3)cc2)cc1OC. The summed E-state index contributed by atoms with van der Waals surface area (Å²) in [5, 5.41) is 2.97. The lowest BCUT2D eigenvalue weighted by atomic mass is 10.1. The van der Waals surface area contributed by atoms with Crippen molar-refractivity contribution >= 4 is 11.6 Å². The van der Waals surface area contributed by atoms with Crippen LogP contribution in [0.4, 0.5) is 5.69 Å². The number of carbonyl (C=O) groups excluding carboxylic acids is 1. The van der Waals surface area contributed by atoms with Crippen LogP contribution in [0.3, 0.4) is 0 Å². The summed E-state index contributed by atoms with van der Waals surface area (Å²) in [7, 11) is 1.62. The van der Waals surface area contributed by atoms with Gasteiger partial charge in [-0.1, -0.05) is 18.2 Å². The number of nitrogens with zero attached hydrogens (tertiary/aromatic N) is 1. The molecule has 156 valence electrons. The average Bonchev–Trinajstić information content (AvgIpc) is 2.75. The van der Waals surface area contributed by atoms with Crippen LogP contribution in [0.15, 0.2) is 42.5 Å². The summed E-state index contributed by atoms with van der Waals surface area (Å²) in [5.41, 5.74) is 3.11. The van der Waals surface area contributed by atoms with E-state index in [2.05, 4.69) is 22.3 Å². The van der Waals surface area contributed by atoms with Gasteiger partial charge in [-0.2, -0.15) is 0 Å². The van der Waals surface area contributed by atoms with E-state index in [1.54, 1.807) is 7.11 Å². The third-order valence-corrected chi connectivity index (χ3v) is 4.92. The van der Waals surface area contributed by atoms with E-state index in [-0.39, 0.29) is 5.91 Å². The highest BCUT2D eigenvalue weighted by Gasteiger charge is 2.11. The molecule has 1 aliphatic rings. The first-order valence-electron chi connectivity index (χ1n) is 10.2. The minimum absolute atomic E-state index is 0.00113. The van der Waals surface area contributed by atoms with E-state index in [4.69, 9.17) is 14.2 Å².